The third-order valence-corrected chi connectivity index (χ3v) is 3.34. The monoisotopic (exact) mass is 228 g/mol. The molecule has 0 aliphatic carbocycles. The molecule has 0 radical (unpaired) electrons. The van der Waals surface area contributed by atoms with E-state index in [1.807, 2.05) is 12.1 Å². The van der Waals surface area contributed by atoms with Crippen molar-refractivity contribution in [1.29, 1.82) is 0 Å². The second-order valence-corrected chi connectivity index (χ2v) is 4.23. The number of furan rings is 1. The van der Waals surface area contributed by atoms with Crippen molar-refractivity contribution in [2.75, 3.05) is 5.73 Å². The quantitative estimate of drug-likeness (QED) is 0.729. The van der Waals surface area contributed by atoms with Gasteiger partial charge in [-0.1, -0.05) is 19.1 Å². The summed E-state index contributed by atoms with van der Waals surface area (Å²) in [7, 11) is 0. The Balaban J connectivity index is 2.54. The standard InChI is InChI=1S/C14H16N2O/c1-3-11-12(15)13-14(17-11)9-7-5-6-8-10(9)16(13)4-2/h5-8H,3-4,15H2,1-2H3. The Labute approximate surface area is 99.8 Å². The molecule has 3 heteroatoms. The normalized spacial score (nSPS) is 11.6. The number of aryl methyl sites for hydroxylation is 2. The molecule has 0 saturated heterocycles. The van der Waals surface area contributed by atoms with E-state index in [2.05, 4.69) is 30.5 Å². The van der Waals surface area contributed by atoms with E-state index in [1.165, 1.54) is 5.52 Å². The summed E-state index contributed by atoms with van der Waals surface area (Å²) in [4.78, 5) is 0. The summed E-state index contributed by atoms with van der Waals surface area (Å²) in [5.74, 6) is 0.892. The Bertz CT molecular complexity index is 691. The number of aromatic nitrogens is 1. The second kappa shape index (κ2) is 3.55. The molecule has 0 saturated carbocycles. The number of rotatable bonds is 2. The number of para-hydroxylation sites is 1. The van der Waals surface area contributed by atoms with Crippen LogP contribution in [-0.2, 0) is 13.0 Å². The molecule has 0 fully saturated rings. The van der Waals surface area contributed by atoms with Crippen LogP contribution in [0.2, 0.25) is 0 Å². The van der Waals surface area contributed by atoms with Gasteiger partial charge in [0.15, 0.2) is 5.58 Å². The Morgan fingerprint density at radius 2 is 2.00 bits per heavy atom. The van der Waals surface area contributed by atoms with Crippen LogP contribution < -0.4 is 5.73 Å². The summed E-state index contributed by atoms with van der Waals surface area (Å²) in [6.07, 6.45) is 0.832. The summed E-state index contributed by atoms with van der Waals surface area (Å²) in [5.41, 5.74) is 10.1. The van der Waals surface area contributed by atoms with E-state index in [0.29, 0.717) is 0 Å². The molecule has 0 aliphatic heterocycles. The molecule has 3 nitrogen and oxygen atoms in total. The van der Waals surface area contributed by atoms with Gasteiger partial charge in [0.2, 0.25) is 0 Å². The van der Waals surface area contributed by atoms with E-state index < -0.39 is 0 Å². The molecule has 3 rings (SSSR count). The van der Waals surface area contributed by atoms with Gasteiger partial charge in [-0.3, -0.25) is 0 Å². The molecule has 0 amide bonds. The van der Waals surface area contributed by atoms with Gasteiger partial charge < -0.3 is 14.7 Å². The molecule has 88 valence electrons. The number of nitrogens with zero attached hydrogens (tertiary/aromatic N) is 1. The highest BCUT2D eigenvalue weighted by Crippen LogP contribution is 2.36. The Morgan fingerprint density at radius 3 is 2.71 bits per heavy atom. The first-order chi connectivity index (χ1) is 8.27. The lowest BCUT2D eigenvalue weighted by Gasteiger charge is -2.02. The first-order valence-corrected chi connectivity index (χ1v) is 6.06. The fraction of sp³-hybridized carbons (Fsp3) is 0.286. The lowest BCUT2D eigenvalue weighted by atomic mass is 10.2. The average molecular weight is 228 g/mol. The zero-order valence-electron chi connectivity index (χ0n) is 10.2. The molecule has 0 atom stereocenters. The maximum absolute atomic E-state index is 6.18. The van der Waals surface area contributed by atoms with Crippen molar-refractivity contribution in [2.45, 2.75) is 26.8 Å². The van der Waals surface area contributed by atoms with Gasteiger partial charge in [-0.2, -0.15) is 0 Å². The fourth-order valence-corrected chi connectivity index (χ4v) is 2.54. The zero-order chi connectivity index (χ0) is 12.0. The van der Waals surface area contributed by atoms with Gasteiger partial charge in [0.1, 0.15) is 11.3 Å². The number of nitrogen functional groups attached to an aromatic ring is 1. The molecule has 2 N–H and O–H groups in total. The van der Waals surface area contributed by atoms with E-state index in [0.717, 1.165) is 40.9 Å². The van der Waals surface area contributed by atoms with Gasteiger partial charge >= 0.3 is 0 Å². The average Bonchev–Trinajstić information content (AvgIpc) is 2.85. The number of anilines is 1. The maximum atomic E-state index is 6.18. The van der Waals surface area contributed by atoms with Crippen LogP contribution in [0.3, 0.4) is 0 Å². The highest BCUT2D eigenvalue weighted by Gasteiger charge is 2.18. The van der Waals surface area contributed by atoms with Crippen molar-refractivity contribution in [2.24, 2.45) is 0 Å². The Kier molecular flexibility index (Phi) is 2.15. The molecule has 0 bridgehead atoms. The highest BCUT2D eigenvalue weighted by molar-refractivity contribution is 6.09. The molecule has 17 heavy (non-hydrogen) atoms. The van der Waals surface area contributed by atoms with Gasteiger partial charge in [0, 0.05) is 18.4 Å². The first-order valence-electron chi connectivity index (χ1n) is 6.06. The lowest BCUT2D eigenvalue weighted by Crippen LogP contribution is -1.96. The van der Waals surface area contributed by atoms with Gasteiger partial charge in [0.05, 0.1) is 11.2 Å². The van der Waals surface area contributed by atoms with E-state index in [-0.39, 0.29) is 0 Å². The summed E-state index contributed by atoms with van der Waals surface area (Å²) in [6.45, 7) is 5.09. The summed E-state index contributed by atoms with van der Waals surface area (Å²) in [5, 5.41) is 1.15. The third kappa shape index (κ3) is 1.22. The molecule has 0 spiro atoms. The summed E-state index contributed by atoms with van der Waals surface area (Å²) >= 11 is 0. The Hall–Kier alpha value is -1.90. The lowest BCUT2D eigenvalue weighted by molar-refractivity contribution is 0.562. The van der Waals surface area contributed by atoms with Crippen LogP contribution in [0.15, 0.2) is 28.7 Å². The fourth-order valence-electron chi connectivity index (χ4n) is 2.54. The van der Waals surface area contributed by atoms with Gasteiger partial charge in [-0.25, -0.2) is 0 Å². The second-order valence-electron chi connectivity index (χ2n) is 4.23. The van der Waals surface area contributed by atoms with Crippen LogP contribution in [0.25, 0.3) is 22.0 Å². The minimum atomic E-state index is 0.792. The van der Waals surface area contributed by atoms with Crippen molar-refractivity contribution in [3.05, 3.63) is 30.0 Å². The third-order valence-electron chi connectivity index (χ3n) is 3.34. The van der Waals surface area contributed by atoms with Crippen molar-refractivity contribution < 1.29 is 4.42 Å². The summed E-state index contributed by atoms with van der Waals surface area (Å²) < 4.78 is 8.12. The summed E-state index contributed by atoms with van der Waals surface area (Å²) in [6, 6.07) is 8.28. The van der Waals surface area contributed by atoms with Crippen LogP contribution in [0.4, 0.5) is 5.69 Å². The minimum absolute atomic E-state index is 0.792. The number of fused-ring (bicyclic) bond motifs is 3. The van der Waals surface area contributed by atoms with Crippen LogP contribution in [-0.4, -0.2) is 4.57 Å². The minimum Gasteiger partial charge on any atom is -0.457 e. The van der Waals surface area contributed by atoms with E-state index in [1.54, 1.807) is 0 Å². The number of hydrogen-bond acceptors (Lipinski definition) is 2. The molecular formula is C14H16N2O. The maximum Gasteiger partial charge on any atom is 0.162 e. The predicted octanol–water partition coefficient (Wildman–Crippen LogP) is 3.55. The van der Waals surface area contributed by atoms with E-state index in [4.69, 9.17) is 10.2 Å². The smallest absolute Gasteiger partial charge is 0.162 e. The van der Waals surface area contributed by atoms with E-state index in [9.17, 15) is 0 Å². The molecule has 3 aromatic rings. The van der Waals surface area contributed by atoms with Crippen LogP contribution >= 0.6 is 0 Å². The van der Waals surface area contributed by atoms with Crippen molar-refractivity contribution in [3.8, 4) is 0 Å². The number of benzene rings is 1. The molecule has 1 aromatic carbocycles. The van der Waals surface area contributed by atoms with Crippen LogP contribution in [0.1, 0.15) is 19.6 Å². The van der Waals surface area contributed by atoms with Gasteiger partial charge in [-0.05, 0) is 19.1 Å². The molecular weight excluding hydrogens is 212 g/mol. The molecule has 0 aliphatic rings. The molecule has 2 aromatic heterocycles. The topological polar surface area (TPSA) is 44.1 Å². The van der Waals surface area contributed by atoms with Gasteiger partial charge in [-0.15, -0.1) is 0 Å². The van der Waals surface area contributed by atoms with Crippen LogP contribution in [0, 0.1) is 0 Å². The predicted molar refractivity (Wildman–Crippen MR) is 71.2 cm³/mol. The van der Waals surface area contributed by atoms with Crippen LogP contribution in [0.5, 0.6) is 0 Å². The zero-order valence-corrected chi connectivity index (χ0v) is 10.2. The first kappa shape index (κ1) is 10.3. The molecule has 2 heterocycles. The largest absolute Gasteiger partial charge is 0.457 e. The van der Waals surface area contributed by atoms with Crippen molar-refractivity contribution in [3.63, 3.8) is 0 Å². The molecule has 0 unspecified atom stereocenters. The van der Waals surface area contributed by atoms with Gasteiger partial charge in [0.25, 0.3) is 0 Å². The number of nitrogens with two attached hydrogens (primary N) is 1. The Morgan fingerprint density at radius 1 is 1.24 bits per heavy atom. The highest BCUT2D eigenvalue weighted by atomic mass is 16.3. The SMILES string of the molecule is CCc1oc2c3ccccc3n(CC)c2c1N. The number of hydrogen-bond donors (Lipinski definition) is 1. The van der Waals surface area contributed by atoms with Crippen molar-refractivity contribution in [1.82, 2.24) is 4.57 Å². The van der Waals surface area contributed by atoms with E-state index >= 15 is 0 Å². The van der Waals surface area contributed by atoms with Crippen molar-refractivity contribution >= 4 is 27.7 Å².